The Balaban J connectivity index is 1.70. The molecule has 0 unspecified atom stereocenters. The Morgan fingerprint density at radius 2 is 1.76 bits per heavy atom. The summed E-state index contributed by atoms with van der Waals surface area (Å²) in [6.07, 6.45) is -9.29. The Hall–Kier alpha value is -3.59. The van der Waals surface area contributed by atoms with Gasteiger partial charge in [-0.3, -0.25) is 9.69 Å². The quantitative estimate of drug-likeness (QED) is 0.421. The number of halogens is 6. The van der Waals surface area contributed by atoms with E-state index in [-0.39, 0.29) is 41.5 Å². The molecule has 3 heterocycles. The van der Waals surface area contributed by atoms with Crippen LogP contribution in [0.4, 0.5) is 32.0 Å². The molecule has 1 aliphatic rings. The summed E-state index contributed by atoms with van der Waals surface area (Å²) in [6.45, 7) is 4.19. The number of piperazine rings is 1. The highest BCUT2D eigenvalue weighted by Crippen LogP contribution is 2.38. The van der Waals surface area contributed by atoms with Gasteiger partial charge < -0.3 is 9.47 Å². The number of hydrogen-bond donors (Lipinski definition) is 0. The third kappa shape index (κ3) is 5.20. The lowest BCUT2D eigenvalue weighted by Gasteiger charge is -2.46. The van der Waals surface area contributed by atoms with Crippen LogP contribution in [0.15, 0.2) is 41.2 Å². The number of benzene rings is 1. The molecule has 6 nitrogen and oxygen atoms in total. The molecule has 0 radical (unpaired) electrons. The minimum absolute atomic E-state index is 0.167. The smallest absolute Gasteiger partial charge is 0.364 e. The lowest BCUT2D eigenvalue weighted by atomic mass is 9.99. The fourth-order valence-corrected chi connectivity index (χ4v) is 4.99. The van der Waals surface area contributed by atoms with E-state index in [2.05, 4.69) is 4.98 Å². The maximum atomic E-state index is 13.7. The molecule has 0 spiro atoms. The van der Waals surface area contributed by atoms with Crippen molar-refractivity contribution in [3.8, 4) is 6.07 Å². The van der Waals surface area contributed by atoms with E-state index < -0.39 is 23.5 Å². The molecule has 1 saturated heterocycles. The molecule has 0 bridgehead atoms. The molecule has 3 aromatic rings. The summed E-state index contributed by atoms with van der Waals surface area (Å²) in [5.41, 5.74) is -1.46. The van der Waals surface area contributed by atoms with Gasteiger partial charge in [-0.05, 0) is 43.2 Å². The number of rotatable bonds is 4. The summed E-state index contributed by atoms with van der Waals surface area (Å²) >= 11 is 0. The van der Waals surface area contributed by atoms with E-state index >= 15 is 0 Å². The topological polar surface area (TPSA) is 65.2 Å². The lowest BCUT2D eigenvalue weighted by molar-refractivity contribution is -0.143. The predicted octanol–water partition coefficient (Wildman–Crippen LogP) is 5.33. The molecule has 0 amide bonds. The molecule has 12 heteroatoms. The lowest BCUT2D eigenvalue weighted by Crippen LogP contribution is -2.57. The highest BCUT2D eigenvalue weighted by atomic mass is 19.4. The molecule has 0 N–H and O–H groups in total. The molecule has 0 aliphatic carbocycles. The summed E-state index contributed by atoms with van der Waals surface area (Å²) in [5, 5.41) is 9.33. The van der Waals surface area contributed by atoms with Crippen LogP contribution in [0, 0.1) is 11.3 Å². The van der Waals surface area contributed by atoms with Gasteiger partial charge in [-0.25, -0.2) is 4.98 Å². The number of nitriles is 1. The number of pyridine rings is 2. The van der Waals surface area contributed by atoms with Gasteiger partial charge >= 0.3 is 12.4 Å². The molecule has 1 aromatic carbocycles. The second-order valence-corrected chi connectivity index (χ2v) is 9.46. The van der Waals surface area contributed by atoms with Crippen LogP contribution in [0.5, 0.6) is 0 Å². The summed E-state index contributed by atoms with van der Waals surface area (Å²) in [4.78, 5) is 20.9. The summed E-state index contributed by atoms with van der Waals surface area (Å²) in [7, 11) is 1.60. The standard InChI is InChI=1S/C26H25F6N5O/c1-4-19-14-37(22-10-23(38)35(3)21-8-7-18(11-33)34-24(21)22)15(2)12-36(19)13-16-5-6-17(25(27,28)29)9-20(16)26(30,31)32/h5-10,15,19H,4,12-14H2,1-3H3/t15-,19+/m0/s1. The molecular weight excluding hydrogens is 512 g/mol. The van der Waals surface area contributed by atoms with Crippen molar-refractivity contribution in [1.82, 2.24) is 14.5 Å². The third-order valence-corrected chi connectivity index (χ3v) is 7.03. The number of hydrogen-bond acceptors (Lipinski definition) is 5. The van der Waals surface area contributed by atoms with Gasteiger partial charge in [0.15, 0.2) is 0 Å². The maximum absolute atomic E-state index is 13.7. The van der Waals surface area contributed by atoms with Crippen LogP contribution in [-0.2, 0) is 25.9 Å². The normalized spacial score (nSPS) is 19.1. The summed E-state index contributed by atoms with van der Waals surface area (Å²) < 4.78 is 81.9. The van der Waals surface area contributed by atoms with Gasteiger partial charge in [0.2, 0.25) is 0 Å². The first kappa shape index (κ1) is 27.4. The minimum atomic E-state index is -4.95. The zero-order valence-corrected chi connectivity index (χ0v) is 20.9. The second-order valence-electron chi connectivity index (χ2n) is 9.46. The second kappa shape index (κ2) is 9.94. The number of aryl methyl sites for hydroxylation is 1. The Kier molecular flexibility index (Phi) is 7.18. The van der Waals surface area contributed by atoms with Crippen molar-refractivity contribution in [2.24, 2.45) is 7.05 Å². The number of nitrogens with zero attached hydrogens (tertiary/aromatic N) is 5. The predicted molar refractivity (Wildman–Crippen MR) is 129 cm³/mol. The molecule has 2 atom stereocenters. The first-order chi connectivity index (χ1) is 17.7. The van der Waals surface area contributed by atoms with Gasteiger partial charge in [0, 0.05) is 44.8 Å². The largest absolute Gasteiger partial charge is 0.416 e. The first-order valence-electron chi connectivity index (χ1n) is 11.9. The number of anilines is 1. The van der Waals surface area contributed by atoms with E-state index in [4.69, 9.17) is 0 Å². The van der Waals surface area contributed by atoms with E-state index in [1.54, 1.807) is 13.1 Å². The number of fused-ring (bicyclic) bond motifs is 1. The van der Waals surface area contributed by atoms with Crippen molar-refractivity contribution < 1.29 is 26.3 Å². The monoisotopic (exact) mass is 537 g/mol. The first-order valence-corrected chi connectivity index (χ1v) is 11.9. The van der Waals surface area contributed by atoms with Crippen LogP contribution in [0.25, 0.3) is 11.0 Å². The molecular formula is C26H25F6N5O. The highest BCUT2D eigenvalue weighted by molar-refractivity contribution is 5.89. The summed E-state index contributed by atoms with van der Waals surface area (Å²) in [6, 6.07) is 7.81. The molecule has 0 saturated carbocycles. The van der Waals surface area contributed by atoms with Crippen LogP contribution in [0.1, 0.15) is 42.7 Å². The average molecular weight is 538 g/mol. The molecule has 4 rings (SSSR count). The highest BCUT2D eigenvalue weighted by Gasteiger charge is 2.39. The fourth-order valence-electron chi connectivity index (χ4n) is 4.99. The maximum Gasteiger partial charge on any atom is 0.416 e. The zero-order chi connectivity index (χ0) is 28.0. The Morgan fingerprint density at radius 3 is 2.37 bits per heavy atom. The van der Waals surface area contributed by atoms with Crippen molar-refractivity contribution in [2.45, 2.75) is 51.2 Å². The van der Waals surface area contributed by atoms with Crippen molar-refractivity contribution in [1.29, 1.82) is 5.26 Å². The van der Waals surface area contributed by atoms with E-state index in [1.807, 2.05) is 29.7 Å². The van der Waals surface area contributed by atoms with Crippen LogP contribution in [-0.4, -0.2) is 39.6 Å². The van der Waals surface area contributed by atoms with Crippen molar-refractivity contribution >= 4 is 16.7 Å². The number of alkyl halides is 6. The van der Waals surface area contributed by atoms with Crippen molar-refractivity contribution in [3.05, 3.63) is 69.1 Å². The van der Waals surface area contributed by atoms with Gasteiger partial charge in [0.1, 0.15) is 17.3 Å². The zero-order valence-electron chi connectivity index (χ0n) is 20.9. The molecule has 1 fully saturated rings. The molecule has 202 valence electrons. The van der Waals surface area contributed by atoms with Gasteiger partial charge in [0.25, 0.3) is 5.56 Å². The fraction of sp³-hybridized carbons (Fsp3) is 0.423. The van der Waals surface area contributed by atoms with E-state index in [0.717, 1.165) is 6.07 Å². The average Bonchev–Trinajstić information content (AvgIpc) is 2.85. The summed E-state index contributed by atoms with van der Waals surface area (Å²) in [5.74, 6) is 0. The molecule has 1 aliphatic heterocycles. The van der Waals surface area contributed by atoms with Crippen LogP contribution in [0.2, 0.25) is 0 Å². The SMILES string of the molecule is CC[C@@H]1CN(c2cc(=O)n(C)c3ccc(C#N)nc23)[C@@H](C)CN1Cc1ccc(C(F)(F)F)cc1C(F)(F)F. The Morgan fingerprint density at radius 1 is 1.05 bits per heavy atom. The van der Waals surface area contributed by atoms with Gasteiger partial charge in [-0.2, -0.15) is 31.6 Å². The van der Waals surface area contributed by atoms with Gasteiger partial charge in [-0.15, -0.1) is 0 Å². The van der Waals surface area contributed by atoms with E-state index in [1.165, 1.54) is 16.7 Å². The third-order valence-electron chi connectivity index (χ3n) is 7.03. The van der Waals surface area contributed by atoms with Crippen molar-refractivity contribution in [2.75, 3.05) is 18.0 Å². The minimum Gasteiger partial charge on any atom is -0.364 e. The molecule has 38 heavy (non-hydrogen) atoms. The van der Waals surface area contributed by atoms with Gasteiger partial charge in [0.05, 0.1) is 22.3 Å². The Labute approximate surface area is 214 Å². The van der Waals surface area contributed by atoms with E-state index in [9.17, 15) is 36.4 Å². The Bertz CT molecular complexity index is 1460. The molecule has 2 aromatic heterocycles. The van der Waals surface area contributed by atoms with Crippen LogP contribution in [0.3, 0.4) is 0 Å². The van der Waals surface area contributed by atoms with Crippen molar-refractivity contribution in [3.63, 3.8) is 0 Å². The number of aromatic nitrogens is 2. The van der Waals surface area contributed by atoms with Gasteiger partial charge in [-0.1, -0.05) is 13.0 Å². The van der Waals surface area contributed by atoms with Crippen LogP contribution < -0.4 is 10.5 Å². The van der Waals surface area contributed by atoms with E-state index in [0.29, 0.717) is 42.3 Å². The van der Waals surface area contributed by atoms with Crippen LogP contribution >= 0.6 is 0 Å².